The fourth-order valence-electron chi connectivity index (χ4n) is 4.54. The highest BCUT2D eigenvalue weighted by atomic mass is 16.7. The topological polar surface area (TPSA) is 44.5 Å². The van der Waals surface area contributed by atoms with Gasteiger partial charge in [-0.1, -0.05) is 38.7 Å². The van der Waals surface area contributed by atoms with Gasteiger partial charge < -0.3 is 15.2 Å². The molecule has 3 heteroatoms. The molecule has 1 aromatic rings. The molecule has 0 radical (unpaired) electrons. The molecule has 1 fully saturated rings. The fourth-order valence-corrected chi connectivity index (χ4v) is 4.54. The van der Waals surface area contributed by atoms with E-state index >= 15 is 0 Å². The van der Waals surface area contributed by atoms with Crippen LogP contribution in [0.3, 0.4) is 0 Å². The summed E-state index contributed by atoms with van der Waals surface area (Å²) in [5.74, 6) is 1.53. The number of nitrogens with two attached hydrogens (primary N) is 1. The summed E-state index contributed by atoms with van der Waals surface area (Å²) in [6.45, 7) is 6.73. The van der Waals surface area contributed by atoms with Crippen LogP contribution >= 0.6 is 0 Å². The van der Waals surface area contributed by atoms with Gasteiger partial charge >= 0.3 is 0 Å². The molecule has 1 aromatic carbocycles. The van der Waals surface area contributed by atoms with E-state index in [1.54, 1.807) is 0 Å². The molecule has 3 rings (SSSR count). The standard InChI is InChI=1S/C21H33NO2/c1-15(2)23-14-24-18-10-9-16-12-17-8-6-4-5-7-11-21(3,20(17)22)19(16)13-18/h9-10,13,15,17,20H,4-8,11-12,14,22H2,1-3H3/t17-,20-,21+/m0/s1. The Kier molecular flexibility index (Phi) is 5.51. The van der Waals surface area contributed by atoms with E-state index in [1.807, 2.05) is 13.8 Å². The summed E-state index contributed by atoms with van der Waals surface area (Å²) in [6.07, 6.45) is 9.06. The second kappa shape index (κ2) is 7.45. The minimum Gasteiger partial charge on any atom is -0.468 e. The van der Waals surface area contributed by atoms with Gasteiger partial charge in [0.05, 0.1) is 6.10 Å². The average molecular weight is 332 g/mol. The third-order valence-electron chi connectivity index (χ3n) is 6.07. The number of rotatable bonds is 4. The largest absolute Gasteiger partial charge is 0.468 e. The number of ether oxygens (including phenoxy) is 2. The van der Waals surface area contributed by atoms with E-state index in [0.717, 1.165) is 12.2 Å². The van der Waals surface area contributed by atoms with Gasteiger partial charge in [0.2, 0.25) is 0 Å². The van der Waals surface area contributed by atoms with Crippen LogP contribution in [0, 0.1) is 5.92 Å². The summed E-state index contributed by atoms with van der Waals surface area (Å²) in [4.78, 5) is 0. The van der Waals surface area contributed by atoms with Crippen molar-refractivity contribution < 1.29 is 9.47 Å². The third-order valence-corrected chi connectivity index (χ3v) is 6.07. The quantitative estimate of drug-likeness (QED) is 0.823. The van der Waals surface area contributed by atoms with E-state index in [1.165, 1.54) is 49.7 Å². The highest BCUT2D eigenvalue weighted by Gasteiger charge is 2.43. The van der Waals surface area contributed by atoms with Crippen molar-refractivity contribution in [3.8, 4) is 5.75 Å². The first-order chi connectivity index (χ1) is 11.5. The maximum Gasteiger partial charge on any atom is 0.189 e. The van der Waals surface area contributed by atoms with Gasteiger partial charge in [0.1, 0.15) is 5.75 Å². The molecule has 0 heterocycles. The van der Waals surface area contributed by atoms with Gasteiger partial charge in [-0.25, -0.2) is 0 Å². The lowest BCUT2D eigenvalue weighted by Crippen LogP contribution is -2.52. The molecule has 1 saturated carbocycles. The van der Waals surface area contributed by atoms with Crippen LogP contribution in [0.25, 0.3) is 0 Å². The lowest BCUT2D eigenvalue weighted by molar-refractivity contribution is -0.0201. The normalized spacial score (nSPS) is 30.2. The molecule has 2 bridgehead atoms. The molecule has 2 aliphatic carbocycles. The number of fused-ring (bicyclic) bond motifs is 4. The lowest BCUT2D eigenvalue weighted by atomic mass is 9.61. The molecule has 3 atom stereocenters. The molecule has 0 amide bonds. The first kappa shape index (κ1) is 17.8. The van der Waals surface area contributed by atoms with E-state index < -0.39 is 0 Å². The Hall–Kier alpha value is -1.06. The predicted molar refractivity (Wildman–Crippen MR) is 98.4 cm³/mol. The van der Waals surface area contributed by atoms with E-state index in [0.29, 0.717) is 12.7 Å². The second-order valence-corrected chi connectivity index (χ2v) is 8.16. The van der Waals surface area contributed by atoms with Crippen LogP contribution in [-0.2, 0) is 16.6 Å². The second-order valence-electron chi connectivity index (χ2n) is 8.16. The maximum atomic E-state index is 6.80. The van der Waals surface area contributed by atoms with Crippen LogP contribution in [0.2, 0.25) is 0 Å². The maximum absolute atomic E-state index is 6.80. The Balaban J connectivity index is 1.87. The summed E-state index contributed by atoms with van der Waals surface area (Å²) >= 11 is 0. The Morgan fingerprint density at radius 3 is 2.79 bits per heavy atom. The van der Waals surface area contributed by atoms with Gasteiger partial charge in [-0.05, 0) is 62.3 Å². The van der Waals surface area contributed by atoms with E-state index in [2.05, 4.69) is 25.1 Å². The van der Waals surface area contributed by atoms with Crippen LogP contribution in [0.5, 0.6) is 5.75 Å². The zero-order valence-electron chi connectivity index (χ0n) is 15.5. The highest BCUT2D eigenvalue weighted by Crippen LogP contribution is 2.46. The Bertz CT molecular complexity index is 557. The van der Waals surface area contributed by atoms with E-state index in [9.17, 15) is 0 Å². The Labute approximate surface area is 146 Å². The van der Waals surface area contributed by atoms with Crippen LogP contribution in [0.15, 0.2) is 18.2 Å². The zero-order valence-corrected chi connectivity index (χ0v) is 15.5. The SMILES string of the molecule is CC(C)OCOc1ccc2c(c1)[C@@]1(C)CCCCCC[C@@H](C2)[C@@H]1N. The molecule has 3 nitrogen and oxygen atoms in total. The van der Waals surface area contributed by atoms with E-state index in [-0.39, 0.29) is 17.6 Å². The van der Waals surface area contributed by atoms with Gasteiger partial charge in [0, 0.05) is 11.5 Å². The molecule has 0 spiro atoms. The number of hydrogen-bond acceptors (Lipinski definition) is 3. The van der Waals surface area contributed by atoms with Crippen molar-refractivity contribution in [1.29, 1.82) is 0 Å². The van der Waals surface area contributed by atoms with Gasteiger partial charge in [-0.3, -0.25) is 0 Å². The number of hydrogen-bond donors (Lipinski definition) is 1. The smallest absolute Gasteiger partial charge is 0.189 e. The molecule has 24 heavy (non-hydrogen) atoms. The van der Waals surface area contributed by atoms with Crippen molar-refractivity contribution in [2.45, 2.75) is 83.3 Å². The average Bonchev–Trinajstić information content (AvgIpc) is 2.59. The van der Waals surface area contributed by atoms with Crippen molar-refractivity contribution >= 4 is 0 Å². The van der Waals surface area contributed by atoms with Crippen LogP contribution in [0.4, 0.5) is 0 Å². The fraction of sp³-hybridized carbons (Fsp3) is 0.714. The van der Waals surface area contributed by atoms with Crippen molar-refractivity contribution in [2.24, 2.45) is 11.7 Å². The lowest BCUT2D eigenvalue weighted by Gasteiger charge is -2.46. The molecule has 2 N–H and O–H groups in total. The predicted octanol–water partition coefficient (Wildman–Crippen LogP) is 4.56. The molecule has 0 aliphatic heterocycles. The van der Waals surface area contributed by atoms with Gasteiger partial charge in [-0.2, -0.15) is 0 Å². The van der Waals surface area contributed by atoms with Crippen LogP contribution in [0.1, 0.15) is 70.4 Å². The third kappa shape index (κ3) is 3.62. The van der Waals surface area contributed by atoms with Gasteiger partial charge in [0.15, 0.2) is 6.79 Å². The molecule has 0 aromatic heterocycles. The van der Waals surface area contributed by atoms with Gasteiger partial charge in [0.25, 0.3) is 0 Å². The van der Waals surface area contributed by atoms with Crippen molar-refractivity contribution in [3.05, 3.63) is 29.3 Å². The molecule has 134 valence electrons. The van der Waals surface area contributed by atoms with Crippen molar-refractivity contribution in [1.82, 2.24) is 0 Å². The molecular weight excluding hydrogens is 298 g/mol. The van der Waals surface area contributed by atoms with Crippen LogP contribution in [-0.4, -0.2) is 18.9 Å². The highest BCUT2D eigenvalue weighted by molar-refractivity contribution is 5.44. The summed E-state index contributed by atoms with van der Waals surface area (Å²) in [5.41, 5.74) is 9.75. The summed E-state index contributed by atoms with van der Waals surface area (Å²) < 4.78 is 11.3. The van der Waals surface area contributed by atoms with Crippen LogP contribution < -0.4 is 10.5 Å². The Morgan fingerprint density at radius 1 is 1.21 bits per heavy atom. The van der Waals surface area contributed by atoms with Crippen molar-refractivity contribution in [3.63, 3.8) is 0 Å². The first-order valence-electron chi connectivity index (χ1n) is 9.64. The summed E-state index contributed by atoms with van der Waals surface area (Å²) in [6, 6.07) is 6.84. The molecule has 0 saturated heterocycles. The first-order valence-corrected chi connectivity index (χ1v) is 9.64. The molecule has 0 unspecified atom stereocenters. The Morgan fingerprint density at radius 2 is 2.00 bits per heavy atom. The monoisotopic (exact) mass is 331 g/mol. The van der Waals surface area contributed by atoms with Gasteiger partial charge in [-0.15, -0.1) is 0 Å². The van der Waals surface area contributed by atoms with E-state index in [4.69, 9.17) is 15.2 Å². The minimum absolute atomic E-state index is 0.0703. The zero-order chi connectivity index (χ0) is 17.2. The number of benzene rings is 1. The minimum atomic E-state index is 0.0703. The van der Waals surface area contributed by atoms with Crippen molar-refractivity contribution in [2.75, 3.05) is 6.79 Å². The summed E-state index contributed by atoms with van der Waals surface area (Å²) in [7, 11) is 0. The summed E-state index contributed by atoms with van der Waals surface area (Å²) in [5, 5.41) is 0. The molecule has 2 aliphatic rings. The molecular formula is C21H33NO2.